The van der Waals surface area contributed by atoms with Crippen molar-refractivity contribution in [3.8, 4) is 0 Å². The summed E-state index contributed by atoms with van der Waals surface area (Å²) in [5.74, 6) is 0. The predicted molar refractivity (Wildman–Crippen MR) is 78.1 cm³/mol. The molecule has 1 spiro atoms. The summed E-state index contributed by atoms with van der Waals surface area (Å²) in [6.07, 6.45) is 8.44. The zero-order valence-corrected chi connectivity index (χ0v) is 11.6. The van der Waals surface area contributed by atoms with Crippen LogP contribution in [0, 0.1) is 0 Å². The van der Waals surface area contributed by atoms with Gasteiger partial charge in [-0.2, -0.15) is 0 Å². The van der Waals surface area contributed by atoms with E-state index in [-0.39, 0.29) is 0 Å². The number of rotatable bonds is 2. The molecule has 102 valence electrons. The van der Waals surface area contributed by atoms with Crippen LogP contribution in [0.2, 0.25) is 0 Å². The minimum absolute atomic E-state index is 0.452. The maximum Gasteiger partial charge on any atom is 0.0476 e. The van der Waals surface area contributed by atoms with Gasteiger partial charge in [0.05, 0.1) is 0 Å². The molecule has 0 aromatic heterocycles. The highest BCUT2D eigenvalue weighted by molar-refractivity contribution is 5.22. The lowest BCUT2D eigenvalue weighted by Crippen LogP contribution is -2.60. The van der Waals surface area contributed by atoms with Crippen LogP contribution in [0.25, 0.3) is 0 Å². The van der Waals surface area contributed by atoms with Crippen LogP contribution in [0.3, 0.4) is 0 Å². The van der Waals surface area contributed by atoms with Crippen molar-refractivity contribution in [2.45, 2.75) is 56.1 Å². The summed E-state index contributed by atoms with van der Waals surface area (Å²) >= 11 is 0. The van der Waals surface area contributed by atoms with Crippen molar-refractivity contribution in [2.24, 2.45) is 0 Å². The van der Waals surface area contributed by atoms with E-state index in [1.807, 2.05) is 0 Å². The van der Waals surface area contributed by atoms with Gasteiger partial charge in [-0.05, 0) is 31.2 Å². The molecular weight excluding hydrogens is 232 g/mol. The fourth-order valence-electron chi connectivity index (χ4n) is 4.11. The molecule has 1 aromatic carbocycles. The molecule has 1 aliphatic heterocycles. The molecule has 19 heavy (non-hydrogen) atoms. The van der Waals surface area contributed by atoms with Gasteiger partial charge in [0, 0.05) is 30.7 Å². The minimum Gasteiger partial charge on any atom is -0.308 e. The summed E-state index contributed by atoms with van der Waals surface area (Å²) in [5.41, 5.74) is 1.95. The first kappa shape index (κ1) is 11.9. The normalized spacial score (nSPS) is 30.8. The molecule has 1 aromatic rings. The molecule has 0 bridgehead atoms. The largest absolute Gasteiger partial charge is 0.308 e. The van der Waals surface area contributed by atoms with Crippen molar-refractivity contribution in [2.75, 3.05) is 13.1 Å². The van der Waals surface area contributed by atoms with Gasteiger partial charge in [0.15, 0.2) is 0 Å². The first-order valence-electron chi connectivity index (χ1n) is 7.92. The highest BCUT2D eigenvalue weighted by Crippen LogP contribution is 2.42. The summed E-state index contributed by atoms with van der Waals surface area (Å²) in [7, 11) is 0. The Labute approximate surface area is 116 Å². The molecule has 4 rings (SSSR count). The van der Waals surface area contributed by atoms with E-state index in [2.05, 4.69) is 40.5 Å². The van der Waals surface area contributed by atoms with E-state index in [4.69, 9.17) is 0 Å². The molecule has 3 fully saturated rings. The molecule has 0 radical (unpaired) electrons. The standard InChI is InChI=1S/C17H24N2/c1-2-6-14(7-3-1)16-12-18-17(10-4-5-11-17)13-19(16)15-8-9-15/h1-3,6-7,15-16,18H,4-5,8-13H2. The lowest BCUT2D eigenvalue weighted by molar-refractivity contribution is 0.0730. The Morgan fingerprint density at radius 3 is 2.47 bits per heavy atom. The van der Waals surface area contributed by atoms with Crippen molar-refractivity contribution in [1.29, 1.82) is 0 Å². The second-order valence-electron chi connectivity index (χ2n) is 6.70. The molecule has 1 unspecified atom stereocenters. The van der Waals surface area contributed by atoms with Gasteiger partial charge in [-0.1, -0.05) is 43.2 Å². The van der Waals surface area contributed by atoms with Crippen molar-refractivity contribution in [1.82, 2.24) is 10.2 Å². The van der Waals surface area contributed by atoms with E-state index in [0.29, 0.717) is 11.6 Å². The molecule has 1 heterocycles. The van der Waals surface area contributed by atoms with Gasteiger partial charge in [0.1, 0.15) is 0 Å². The van der Waals surface area contributed by atoms with Crippen molar-refractivity contribution in [3.63, 3.8) is 0 Å². The molecular formula is C17H24N2. The second kappa shape index (κ2) is 4.60. The van der Waals surface area contributed by atoms with Crippen molar-refractivity contribution >= 4 is 0 Å². The van der Waals surface area contributed by atoms with Gasteiger partial charge in [-0.25, -0.2) is 0 Å². The van der Waals surface area contributed by atoms with Crippen LogP contribution in [0.1, 0.15) is 50.1 Å². The monoisotopic (exact) mass is 256 g/mol. The van der Waals surface area contributed by atoms with E-state index in [1.54, 1.807) is 0 Å². The number of benzene rings is 1. The smallest absolute Gasteiger partial charge is 0.0476 e. The molecule has 1 atom stereocenters. The Bertz CT molecular complexity index is 432. The van der Waals surface area contributed by atoms with Crippen LogP contribution >= 0.6 is 0 Å². The highest BCUT2D eigenvalue weighted by Gasteiger charge is 2.45. The zero-order valence-electron chi connectivity index (χ0n) is 11.6. The summed E-state index contributed by atoms with van der Waals surface area (Å²) in [5, 5.41) is 3.91. The fraction of sp³-hybridized carbons (Fsp3) is 0.647. The summed E-state index contributed by atoms with van der Waals surface area (Å²) in [4.78, 5) is 2.82. The average molecular weight is 256 g/mol. The van der Waals surface area contributed by atoms with Crippen LogP contribution in [-0.4, -0.2) is 29.6 Å². The fourth-order valence-corrected chi connectivity index (χ4v) is 4.11. The topological polar surface area (TPSA) is 15.3 Å². The molecule has 0 amide bonds. The SMILES string of the molecule is c1ccc(C2CNC3(CCCC3)CN2C2CC2)cc1. The lowest BCUT2D eigenvalue weighted by Gasteiger charge is -2.47. The molecule has 2 saturated carbocycles. The van der Waals surface area contributed by atoms with E-state index in [1.165, 1.54) is 50.6 Å². The van der Waals surface area contributed by atoms with Gasteiger partial charge in [0.2, 0.25) is 0 Å². The zero-order chi connectivity index (χ0) is 12.7. The number of hydrogen-bond acceptors (Lipinski definition) is 2. The number of piperazine rings is 1. The Kier molecular flexibility index (Phi) is 2.89. The van der Waals surface area contributed by atoms with E-state index < -0.39 is 0 Å². The maximum absolute atomic E-state index is 3.91. The highest BCUT2D eigenvalue weighted by atomic mass is 15.3. The third kappa shape index (κ3) is 2.21. The van der Waals surface area contributed by atoms with Gasteiger partial charge >= 0.3 is 0 Å². The second-order valence-corrected chi connectivity index (χ2v) is 6.70. The van der Waals surface area contributed by atoms with Gasteiger partial charge < -0.3 is 5.32 Å². The average Bonchev–Trinajstić information content (AvgIpc) is 3.22. The Morgan fingerprint density at radius 1 is 1.05 bits per heavy atom. The maximum atomic E-state index is 3.91. The van der Waals surface area contributed by atoms with Crippen LogP contribution in [-0.2, 0) is 0 Å². The molecule has 2 aliphatic carbocycles. The molecule has 1 saturated heterocycles. The van der Waals surface area contributed by atoms with Crippen LogP contribution in [0.15, 0.2) is 30.3 Å². The van der Waals surface area contributed by atoms with Crippen LogP contribution < -0.4 is 5.32 Å². The van der Waals surface area contributed by atoms with Gasteiger partial charge in [-0.15, -0.1) is 0 Å². The van der Waals surface area contributed by atoms with E-state index >= 15 is 0 Å². The Morgan fingerprint density at radius 2 is 1.79 bits per heavy atom. The van der Waals surface area contributed by atoms with E-state index in [9.17, 15) is 0 Å². The van der Waals surface area contributed by atoms with Crippen LogP contribution in [0.5, 0.6) is 0 Å². The molecule has 3 aliphatic rings. The predicted octanol–water partition coefficient (Wildman–Crippen LogP) is 3.11. The molecule has 1 N–H and O–H groups in total. The third-order valence-corrected chi connectivity index (χ3v) is 5.32. The van der Waals surface area contributed by atoms with E-state index in [0.717, 1.165) is 12.6 Å². The van der Waals surface area contributed by atoms with Crippen molar-refractivity contribution in [3.05, 3.63) is 35.9 Å². The molecule has 2 heteroatoms. The Hall–Kier alpha value is -0.860. The third-order valence-electron chi connectivity index (χ3n) is 5.32. The quantitative estimate of drug-likeness (QED) is 0.874. The van der Waals surface area contributed by atoms with Gasteiger partial charge in [-0.3, -0.25) is 4.90 Å². The number of nitrogens with zero attached hydrogens (tertiary/aromatic N) is 1. The summed E-state index contributed by atoms with van der Waals surface area (Å²) in [6, 6.07) is 12.5. The minimum atomic E-state index is 0.452. The van der Waals surface area contributed by atoms with Gasteiger partial charge in [0.25, 0.3) is 0 Å². The molecule has 2 nitrogen and oxygen atoms in total. The van der Waals surface area contributed by atoms with Crippen LogP contribution in [0.4, 0.5) is 0 Å². The Balaban J connectivity index is 1.59. The summed E-state index contributed by atoms with van der Waals surface area (Å²) in [6.45, 7) is 2.41. The lowest BCUT2D eigenvalue weighted by atomic mass is 9.90. The first-order chi connectivity index (χ1) is 9.36. The van der Waals surface area contributed by atoms with Crippen molar-refractivity contribution < 1.29 is 0 Å². The number of hydrogen-bond donors (Lipinski definition) is 1. The first-order valence-corrected chi connectivity index (χ1v) is 7.92. The summed E-state index contributed by atoms with van der Waals surface area (Å²) < 4.78 is 0. The number of nitrogens with one attached hydrogen (secondary N) is 1.